The summed E-state index contributed by atoms with van der Waals surface area (Å²) in [6, 6.07) is 8.49. The Kier molecular flexibility index (Phi) is 6.85. The van der Waals surface area contributed by atoms with Crippen molar-refractivity contribution in [3.8, 4) is 0 Å². The van der Waals surface area contributed by atoms with Crippen LogP contribution in [0.25, 0.3) is 0 Å². The van der Waals surface area contributed by atoms with E-state index >= 15 is 0 Å². The minimum Gasteiger partial charge on any atom is -0.296 e. The third-order valence-electron chi connectivity index (χ3n) is 2.30. The molecule has 0 aliphatic carbocycles. The molecule has 130 valence electrons. The first-order valence-electron chi connectivity index (χ1n) is 6.23. The van der Waals surface area contributed by atoms with Gasteiger partial charge in [0.05, 0.1) is 0 Å². The van der Waals surface area contributed by atoms with Crippen LogP contribution < -0.4 is 0 Å². The number of rotatable bonds is 7. The van der Waals surface area contributed by atoms with Crippen LogP contribution >= 0.6 is 7.60 Å². The molecule has 0 aliphatic heterocycles. The summed E-state index contributed by atoms with van der Waals surface area (Å²) in [5.41, 5.74) is 0.724. The predicted octanol–water partition coefficient (Wildman–Crippen LogP) is 5.09. The van der Waals surface area contributed by atoms with E-state index < -0.39 is 33.2 Å². The quantitative estimate of drug-likeness (QED) is 0.500. The lowest BCUT2D eigenvalue weighted by atomic mass is 10.2. The maximum absolute atomic E-state index is 12.1. The van der Waals surface area contributed by atoms with Crippen LogP contribution in [0.15, 0.2) is 42.2 Å². The van der Waals surface area contributed by atoms with E-state index in [9.17, 15) is 30.9 Å². The second-order valence-corrected chi connectivity index (χ2v) is 6.29. The van der Waals surface area contributed by atoms with E-state index in [1.165, 1.54) is 0 Å². The molecule has 0 amide bonds. The van der Waals surface area contributed by atoms with E-state index in [1.54, 1.807) is 30.3 Å². The molecule has 0 N–H and O–H groups in total. The zero-order valence-electron chi connectivity index (χ0n) is 11.6. The van der Waals surface area contributed by atoms with Crippen LogP contribution in [0.5, 0.6) is 0 Å². The van der Waals surface area contributed by atoms with Gasteiger partial charge in [0.25, 0.3) is 0 Å². The van der Waals surface area contributed by atoms with Gasteiger partial charge in [-0.2, -0.15) is 26.3 Å². The summed E-state index contributed by atoms with van der Waals surface area (Å²) < 4.78 is 92.7. The number of alkyl halides is 6. The van der Waals surface area contributed by atoms with Gasteiger partial charge in [0, 0.05) is 5.82 Å². The molecule has 0 spiro atoms. The average molecular weight is 362 g/mol. The monoisotopic (exact) mass is 362 g/mol. The van der Waals surface area contributed by atoms with Gasteiger partial charge in [0.1, 0.15) is 0 Å². The van der Waals surface area contributed by atoms with Crippen molar-refractivity contribution in [3.05, 3.63) is 47.8 Å². The van der Waals surface area contributed by atoms with E-state index in [0.29, 0.717) is 5.82 Å². The smallest absolute Gasteiger partial charge is 0.296 e. The molecule has 0 atom stereocenters. The van der Waals surface area contributed by atoms with Crippen molar-refractivity contribution in [1.82, 2.24) is 0 Å². The minimum atomic E-state index is -4.84. The lowest BCUT2D eigenvalue weighted by Gasteiger charge is -2.17. The molecule has 0 saturated heterocycles. The van der Waals surface area contributed by atoms with Gasteiger partial charge in [0.2, 0.25) is 0 Å². The van der Waals surface area contributed by atoms with Gasteiger partial charge in [-0.3, -0.25) is 13.6 Å². The highest BCUT2D eigenvalue weighted by Gasteiger charge is 2.37. The SMILES string of the molecule is O=P(/C=C\Cc1ccccc1)(OCC(F)(F)F)OCC(F)(F)F. The van der Waals surface area contributed by atoms with Crippen LogP contribution in [0.1, 0.15) is 5.56 Å². The van der Waals surface area contributed by atoms with Crippen LogP contribution in [0.3, 0.4) is 0 Å². The zero-order chi connectivity index (χ0) is 17.6. The highest BCUT2D eigenvalue weighted by atomic mass is 31.2. The van der Waals surface area contributed by atoms with Crippen molar-refractivity contribution in [3.63, 3.8) is 0 Å². The molecule has 3 nitrogen and oxygen atoms in total. The maximum Gasteiger partial charge on any atom is 0.412 e. The molecular weight excluding hydrogens is 349 g/mol. The number of benzene rings is 1. The fourth-order valence-electron chi connectivity index (χ4n) is 1.38. The molecular formula is C13H13F6O3P. The van der Waals surface area contributed by atoms with Crippen molar-refractivity contribution in [2.45, 2.75) is 18.8 Å². The lowest BCUT2D eigenvalue weighted by molar-refractivity contribution is -0.164. The van der Waals surface area contributed by atoms with Crippen LogP contribution in [0, 0.1) is 0 Å². The van der Waals surface area contributed by atoms with Crippen LogP contribution in [-0.2, 0) is 20.0 Å². The van der Waals surface area contributed by atoms with Crippen LogP contribution in [-0.4, -0.2) is 25.6 Å². The van der Waals surface area contributed by atoms with Crippen LogP contribution in [0.2, 0.25) is 0 Å². The summed E-state index contributed by atoms with van der Waals surface area (Å²) in [6.07, 6.45) is -8.40. The van der Waals surface area contributed by atoms with Crippen molar-refractivity contribution < 1.29 is 40.0 Å². The maximum atomic E-state index is 12.1. The summed E-state index contributed by atoms with van der Waals surface area (Å²) in [4.78, 5) is 0. The molecule has 1 aromatic carbocycles. The largest absolute Gasteiger partial charge is 0.412 e. The molecule has 0 radical (unpaired) electrons. The fraction of sp³-hybridized carbons (Fsp3) is 0.385. The molecule has 1 aromatic rings. The van der Waals surface area contributed by atoms with E-state index in [2.05, 4.69) is 9.05 Å². The summed E-state index contributed by atoms with van der Waals surface area (Å²) in [5, 5.41) is 0. The number of halogens is 6. The van der Waals surface area contributed by atoms with Gasteiger partial charge >= 0.3 is 19.9 Å². The third-order valence-corrected chi connectivity index (χ3v) is 3.85. The number of hydrogen-bond acceptors (Lipinski definition) is 3. The Morgan fingerprint density at radius 3 is 1.83 bits per heavy atom. The fourth-order valence-corrected chi connectivity index (χ4v) is 2.64. The third kappa shape index (κ3) is 9.43. The summed E-state index contributed by atoms with van der Waals surface area (Å²) in [7, 11) is -4.67. The Balaban J connectivity index is 2.75. The normalized spacial score (nSPS) is 13.7. The molecule has 0 fully saturated rings. The molecule has 0 heterocycles. The highest BCUT2D eigenvalue weighted by molar-refractivity contribution is 7.57. The highest BCUT2D eigenvalue weighted by Crippen LogP contribution is 2.51. The second-order valence-electron chi connectivity index (χ2n) is 4.39. The standard InChI is InChI=1S/C13H13F6O3P/c14-12(15,16)9-21-23(20,22-10-13(17,18)19)8-4-7-11-5-2-1-3-6-11/h1-6,8H,7,9-10H2/b8-4-. The van der Waals surface area contributed by atoms with E-state index in [0.717, 1.165) is 11.6 Å². The Hall–Kier alpha value is -1.31. The first-order valence-corrected chi connectivity index (χ1v) is 7.84. The van der Waals surface area contributed by atoms with E-state index in [4.69, 9.17) is 0 Å². The van der Waals surface area contributed by atoms with E-state index in [1.807, 2.05) is 0 Å². The average Bonchev–Trinajstić information content (AvgIpc) is 2.43. The zero-order valence-corrected chi connectivity index (χ0v) is 12.5. The summed E-state index contributed by atoms with van der Waals surface area (Å²) in [6.45, 7) is -3.95. The van der Waals surface area contributed by atoms with E-state index in [-0.39, 0.29) is 6.42 Å². The molecule has 1 rings (SSSR count). The van der Waals surface area contributed by atoms with Crippen molar-refractivity contribution in [2.24, 2.45) is 0 Å². The lowest BCUT2D eigenvalue weighted by Crippen LogP contribution is -2.19. The van der Waals surface area contributed by atoms with Crippen molar-refractivity contribution in [1.29, 1.82) is 0 Å². The van der Waals surface area contributed by atoms with Gasteiger partial charge in [0.15, 0.2) is 13.2 Å². The first-order chi connectivity index (χ1) is 10.5. The van der Waals surface area contributed by atoms with Crippen molar-refractivity contribution in [2.75, 3.05) is 13.2 Å². The first kappa shape index (κ1) is 19.7. The molecule has 0 unspecified atom stereocenters. The van der Waals surface area contributed by atoms with Gasteiger partial charge in [-0.15, -0.1) is 0 Å². The minimum absolute atomic E-state index is 0.148. The molecule has 0 bridgehead atoms. The Bertz CT molecular complexity index is 531. The molecule has 23 heavy (non-hydrogen) atoms. The Morgan fingerprint density at radius 2 is 1.39 bits per heavy atom. The predicted molar refractivity (Wildman–Crippen MR) is 70.9 cm³/mol. The second kappa shape index (κ2) is 7.99. The molecule has 0 saturated carbocycles. The van der Waals surface area contributed by atoms with Crippen LogP contribution in [0.4, 0.5) is 26.3 Å². The number of allylic oxidation sites excluding steroid dienone is 1. The van der Waals surface area contributed by atoms with Crippen molar-refractivity contribution >= 4 is 7.60 Å². The number of hydrogen-bond donors (Lipinski definition) is 0. The molecule has 0 aliphatic rings. The van der Waals surface area contributed by atoms with Gasteiger partial charge in [-0.05, 0) is 12.0 Å². The van der Waals surface area contributed by atoms with Gasteiger partial charge < -0.3 is 0 Å². The molecule has 0 aromatic heterocycles. The summed E-state index contributed by atoms with van der Waals surface area (Å²) in [5.74, 6) is 0.609. The Morgan fingerprint density at radius 1 is 0.913 bits per heavy atom. The topological polar surface area (TPSA) is 35.5 Å². The summed E-state index contributed by atoms with van der Waals surface area (Å²) >= 11 is 0. The Labute approximate surface area is 128 Å². The van der Waals surface area contributed by atoms with Gasteiger partial charge in [-0.1, -0.05) is 36.4 Å². The van der Waals surface area contributed by atoms with Gasteiger partial charge in [-0.25, -0.2) is 0 Å². The molecule has 10 heteroatoms.